The quantitative estimate of drug-likeness (QED) is 0.432. The number of non-ortho nitro benzene ring substituents is 1. The fourth-order valence-corrected chi connectivity index (χ4v) is 0.913. The van der Waals surface area contributed by atoms with Crippen molar-refractivity contribution >= 4 is 17.8 Å². The van der Waals surface area contributed by atoms with E-state index in [1.165, 1.54) is 18.5 Å². The van der Waals surface area contributed by atoms with Gasteiger partial charge in [-0.15, -0.1) is 0 Å². The van der Waals surface area contributed by atoms with Crippen LogP contribution >= 0.6 is 0 Å². The van der Waals surface area contributed by atoms with Crippen LogP contribution in [0.1, 0.15) is 5.56 Å². The average Bonchev–Trinajstić information content (AvgIpc) is 2.08. The number of rotatable bonds is 3. The molecule has 0 saturated carbocycles. The van der Waals surface area contributed by atoms with Gasteiger partial charge in [0.2, 0.25) is 0 Å². The summed E-state index contributed by atoms with van der Waals surface area (Å²) in [6.45, 7) is 1.74. The Bertz CT molecular complexity index is 349. The van der Waals surface area contributed by atoms with Gasteiger partial charge in [0.1, 0.15) is 0 Å². The normalized spacial score (nSPS) is 9.31. The zero-order valence-corrected chi connectivity index (χ0v) is 6.90. The van der Waals surface area contributed by atoms with E-state index in [1.54, 1.807) is 13.0 Å². The molecule has 5 heteroatoms. The number of benzene rings is 1. The second-order valence-corrected chi connectivity index (χ2v) is 2.48. The van der Waals surface area contributed by atoms with E-state index >= 15 is 0 Å². The van der Waals surface area contributed by atoms with Crippen molar-refractivity contribution in [2.45, 2.75) is 6.92 Å². The summed E-state index contributed by atoms with van der Waals surface area (Å²) < 4.78 is 0. The van der Waals surface area contributed by atoms with Crippen LogP contribution in [-0.2, 0) is 4.79 Å². The molecule has 0 fully saturated rings. The van der Waals surface area contributed by atoms with Crippen molar-refractivity contribution in [2.75, 3.05) is 5.32 Å². The third kappa shape index (κ3) is 2.02. The molecule has 0 saturated heterocycles. The Balaban J connectivity index is 3.10. The molecule has 0 aliphatic heterocycles. The Labute approximate surface area is 74.5 Å². The first-order valence-electron chi connectivity index (χ1n) is 3.53. The first-order valence-corrected chi connectivity index (χ1v) is 3.53. The summed E-state index contributed by atoms with van der Waals surface area (Å²) in [7, 11) is 0. The van der Waals surface area contributed by atoms with Gasteiger partial charge in [0.25, 0.3) is 5.69 Å². The number of carbonyl (C=O) groups excluding carboxylic acids is 1. The minimum absolute atomic E-state index is 0.0525. The summed E-state index contributed by atoms with van der Waals surface area (Å²) in [5.41, 5.74) is 1.11. The fraction of sp³-hybridized carbons (Fsp3) is 0.125. The lowest BCUT2D eigenvalue weighted by molar-refractivity contribution is -0.384. The highest BCUT2D eigenvalue weighted by Gasteiger charge is 2.07. The molecule has 1 aromatic rings. The van der Waals surface area contributed by atoms with E-state index in [0.717, 1.165) is 5.56 Å². The van der Waals surface area contributed by atoms with Gasteiger partial charge in [0.15, 0.2) is 0 Å². The van der Waals surface area contributed by atoms with Crippen molar-refractivity contribution < 1.29 is 9.72 Å². The molecule has 0 heterocycles. The van der Waals surface area contributed by atoms with Crippen LogP contribution in [0.15, 0.2) is 18.2 Å². The van der Waals surface area contributed by atoms with E-state index in [9.17, 15) is 14.9 Å². The molecule has 0 spiro atoms. The summed E-state index contributed by atoms with van der Waals surface area (Å²) in [5, 5.41) is 12.6. The summed E-state index contributed by atoms with van der Waals surface area (Å²) in [6, 6.07) is 4.24. The third-order valence-corrected chi connectivity index (χ3v) is 1.62. The van der Waals surface area contributed by atoms with E-state index < -0.39 is 4.92 Å². The number of hydrogen-bond acceptors (Lipinski definition) is 3. The summed E-state index contributed by atoms with van der Waals surface area (Å²) in [6.07, 6.45) is 1.47. The molecule has 1 radical (unpaired) electrons. The minimum Gasteiger partial charge on any atom is -0.317 e. The van der Waals surface area contributed by atoms with E-state index in [0.29, 0.717) is 5.69 Å². The molecule has 1 rings (SSSR count). The van der Waals surface area contributed by atoms with E-state index in [2.05, 4.69) is 5.32 Å². The van der Waals surface area contributed by atoms with Gasteiger partial charge in [-0.1, -0.05) is 6.07 Å². The molecule has 1 aromatic carbocycles. The van der Waals surface area contributed by atoms with E-state index in [1.807, 2.05) is 0 Å². The number of amides is 1. The highest BCUT2D eigenvalue weighted by Crippen LogP contribution is 2.20. The van der Waals surface area contributed by atoms with Crippen LogP contribution < -0.4 is 5.32 Å². The standard InChI is InChI=1S/C8H7N2O3/c1-6-2-3-7(10(12)13)4-8(6)9-5-11/h2-4H,1H3,(H,9,11). The summed E-state index contributed by atoms with van der Waals surface area (Å²) >= 11 is 0. The Morgan fingerprint density at radius 1 is 1.54 bits per heavy atom. The number of anilines is 1. The predicted molar refractivity (Wildman–Crippen MR) is 47.1 cm³/mol. The van der Waals surface area contributed by atoms with Gasteiger partial charge < -0.3 is 5.32 Å². The Hall–Kier alpha value is -1.91. The molecule has 5 nitrogen and oxygen atoms in total. The Morgan fingerprint density at radius 2 is 2.23 bits per heavy atom. The van der Waals surface area contributed by atoms with Crippen molar-refractivity contribution in [3.8, 4) is 0 Å². The molecule has 0 bridgehead atoms. The zero-order chi connectivity index (χ0) is 9.84. The number of nitrogens with one attached hydrogen (secondary N) is 1. The molecule has 67 valence electrons. The monoisotopic (exact) mass is 179 g/mol. The second kappa shape index (κ2) is 3.66. The van der Waals surface area contributed by atoms with Crippen LogP contribution in [0.25, 0.3) is 0 Å². The van der Waals surface area contributed by atoms with Crippen LogP contribution in [0.2, 0.25) is 0 Å². The van der Waals surface area contributed by atoms with Crippen LogP contribution in [-0.4, -0.2) is 11.3 Å². The summed E-state index contributed by atoms with van der Waals surface area (Å²) in [4.78, 5) is 19.8. The van der Waals surface area contributed by atoms with Crippen LogP contribution in [0, 0.1) is 17.0 Å². The first-order chi connectivity index (χ1) is 6.15. The molecular weight excluding hydrogens is 172 g/mol. The van der Waals surface area contributed by atoms with Crippen molar-refractivity contribution in [1.82, 2.24) is 0 Å². The SMILES string of the molecule is Cc1ccc([N+](=O)[O-])cc1N[C]=O. The van der Waals surface area contributed by atoms with Gasteiger partial charge in [-0.25, -0.2) is 0 Å². The van der Waals surface area contributed by atoms with Gasteiger partial charge in [-0.05, 0) is 12.5 Å². The number of nitrogens with zero attached hydrogens (tertiary/aromatic N) is 1. The van der Waals surface area contributed by atoms with Crippen molar-refractivity contribution in [3.63, 3.8) is 0 Å². The second-order valence-electron chi connectivity index (χ2n) is 2.48. The van der Waals surface area contributed by atoms with Gasteiger partial charge in [-0.2, -0.15) is 0 Å². The molecule has 0 unspecified atom stereocenters. The fourth-order valence-electron chi connectivity index (χ4n) is 0.913. The Kier molecular flexibility index (Phi) is 2.59. The van der Waals surface area contributed by atoms with Crippen LogP contribution in [0.4, 0.5) is 11.4 Å². The topological polar surface area (TPSA) is 72.2 Å². The van der Waals surface area contributed by atoms with Crippen LogP contribution in [0.3, 0.4) is 0 Å². The number of nitro groups is 1. The highest BCUT2D eigenvalue weighted by molar-refractivity contribution is 5.75. The average molecular weight is 179 g/mol. The van der Waals surface area contributed by atoms with Gasteiger partial charge in [0.05, 0.1) is 10.6 Å². The number of aryl methyl sites for hydroxylation is 1. The predicted octanol–water partition coefficient (Wildman–Crippen LogP) is 1.38. The number of hydrogen-bond donors (Lipinski definition) is 1. The van der Waals surface area contributed by atoms with Crippen LogP contribution in [0.5, 0.6) is 0 Å². The molecule has 0 aliphatic rings. The van der Waals surface area contributed by atoms with E-state index in [-0.39, 0.29) is 5.69 Å². The first kappa shape index (κ1) is 9.18. The molecular formula is C8H7N2O3. The van der Waals surface area contributed by atoms with Gasteiger partial charge in [0, 0.05) is 12.1 Å². The zero-order valence-electron chi connectivity index (χ0n) is 6.90. The lowest BCUT2D eigenvalue weighted by Gasteiger charge is -2.01. The molecule has 0 atom stereocenters. The molecule has 0 aliphatic carbocycles. The van der Waals surface area contributed by atoms with Crippen molar-refractivity contribution in [2.24, 2.45) is 0 Å². The largest absolute Gasteiger partial charge is 0.317 e. The highest BCUT2D eigenvalue weighted by atomic mass is 16.6. The van der Waals surface area contributed by atoms with E-state index in [4.69, 9.17) is 0 Å². The lowest BCUT2D eigenvalue weighted by atomic mass is 10.2. The van der Waals surface area contributed by atoms with Crippen molar-refractivity contribution in [3.05, 3.63) is 33.9 Å². The maximum Gasteiger partial charge on any atom is 0.314 e. The Morgan fingerprint density at radius 3 is 2.77 bits per heavy atom. The lowest BCUT2D eigenvalue weighted by Crippen LogP contribution is -1.97. The smallest absolute Gasteiger partial charge is 0.314 e. The molecule has 13 heavy (non-hydrogen) atoms. The van der Waals surface area contributed by atoms with Gasteiger partial charge >= 0.3 is 6.41 Å². The molecule has 1 amide bonds. The summed E-state index contributed by atoms with van der Waals surface area (Å²) in [5.74, 6) is 0. The molecule has 0 aromatic heterocycles. The maximum absolute atomic E-state index is 10.3. The van der Waals surface area contributed by atoms with Crippen molar-refractivity contribution in [1.29, 1.82) is 0 Å². The molecule has 1 N–H and O–H groups in total. The van der Waals surface area contributed by atoms with Gasteiger partial charge in [-0.3, -0.25) is 14.9 Å². The third-order valence-electron chi connectivity index (χ3n) is 1.62. The minimum atomic E-state index is -0.518. The number of nitro benzene ring substituents is 1. The maximum atomic E-state index is 10.3.